The van der Waals surface area contributed by atoms with Gasteiger partial charge in [0.25, 0.3) is 0 Å². The highest BCUT2D eigenvalue weighted by Gasteiger charge is 2.20. The van der Waals surface area contributed by atoms with Gasteiger partial charge in [0.05, 0.1) is 0 Å². The number of ether oxygens (including phenoxy) is 1. The smallest absolute Gasteiger partial charge is 0.321 e. The lowest BCUT2D eigenvalue weighted by Crippen LogP contribution is -2.50. The molecule has 0 spiro atoms. The normalized spacial score (nSPS) is 15.9. The van der Waals surface area contributed by atoms with E-state index in [1.165, 1.54) is 0 Å². The zero-order valence-electron chi connectivity index (χ0n) is 13.3. The molecule has 1 N–H and O–H groups in total. The largest absolute Gasteiger partial charge is 0.385 e. The third-order valence-electron chi connectivity index (χ3n) is 3.91. The minimum atomic E-state index is -0.0210. The van der Waals surface area contributed by atoms with Gasteiger partial charge in [-0.05, 0) is 31.0 Å². The molecular weight excluding hydrogens is 346 g/mol. The van der Waals surface area contributed by atoms with E-state index in [1.54, 1.807) is 7.11 Å². The Morgan fingerprint density at radius 1 is 1.32 bits per heavy atom. The summed E-state index contributed by atoms with van der Waals surface area (Å²) in [5.74, 6) is 0. The van der Waals surface area contributed by atoms with Crippen LogP contribution >= 0.6 is 15.9 Å². The second-order valence-electron chi connectivity index (χ2n) is 5.57. The lowest BCUT2D eigenvalue weighted by Gasteiger charge is -2.34. The Kier molecular flexibility index (Phi) is 6.67. The van der Waals surface area contributed by atoms with E-state index in [1.807, 2.05) is 30.0 Å². The molecule has 1 aromatic carbocycles. The van der Waals surface area contributed by atoms with Crippen LogP contribution in [0.4, 0.5) is 10.5 Å². The zero-order valence-corrected chi connectivity index (χ0v) is 14.9. The fraction of sp³-hybridized carbons (Fsp3) is 0.562. The van der Waals surface area contributed by atoms with Crippen LogP contribution in [-0.4, -0.2) is 62.3 Å². The first-order valence-corrected chi connectivity index (χ1v) is 8.43. The summed E-state index contributed by atoms with van der Waals surface area (Å²) in [7, 11) is 1.73. The van der Waals surface area contributed by atoms with Crippen LogP contribution in [0.5, 0.6) is 0 Å². The number of benzene rings is 1. The second-order valence-corrected chi connectivity index (χ2v) is 6.42. The number of rotatable bonds is 5. The number of carbonyl (C=O) groups excluding carboxylic acids is 1. The summed E-state index contributed by atoms with van der Waals surface area (Å²) in [4.78, 5) is 16.5. The molecule has 6 heteroatoms. The van der Waals surface area contributed by atoms with Crippen LogP contribution in [0.3, 0.4) is 0 Å². The van der Waals surface area contributed by atoms with Gasteiger partial charge >= 0.3 is 6.03 Å². The van der Waals surface area contributed by atoms with Gasteiger partial charge in [-0.2, -0.15) is 0 Å². The minimum Gasteiger partial charge on any atom is -0.385 e. The van der Waals surface area contributed by atoms with E-state index < -0.39 is 0 Å². The standard InChI is InChI=1S/C16H24BrN3O2/c1-13-4-5-14(12-15(13)17)18-16(21)20-9-7-19(8-10-20)6-3-11-22-2/h4-5,12H,3,6-11H2,1-2H3,(H,18,21). The molecule has 1 aliphatic rings. The number of carbonyl (C=O) groups is 1. The van der Waals surface area contributed by atoms with E-state index in [9.17, 15) is 4.79 Å². The molecule has 0 aliphatic carbocycles. The first-order chi connectivity index (χ1) is 10.6. The maximum atomic E-state index is 12.3. The van der Waals surface area contributed by atoms with Crippen molar-refractivity contribution in [2.45, 2.75) is 13.3 Å². The Morgan fingerprint density at radius 2 is 2.05 bits per heavy atom. The monoisotopic (exact) mass is 369 g/mol. The van der Waals surface area contributed by atoms with E-state index >= 15 is 0 Å². The van der Waals surface area contributed by atoms with Crippen molar-refractivity contribution in [3.05, 3.63) is 28.2 Å². The number of urea groups is 1. The predicted molar refractivity (Wildman–Crippen MR) is 92.4 cm³/mol. The Balaban J connectivity index is 1.78. The number of halogens is 1. The van der Waals surface area contributed by atoms with E-state index in [0.29, 0.717) is 0 Å². The molecule has 122 valence electrons. The summed E-state index contributed by atoms with van der Waals surface area (Å²) in [5.41, 5.74) is 1.98. The maximum absolute atomic E-state index is 12.3. The number of anilines is 1. The number of methoxy groups -OCH3 is 1. The molecule has 2 rings (SSSR count). The molecule has 0 radical (unpaired) electrons. The lowest BCUT2D eigenvalue weighted by atomic mass is 10.2. The third kappa shape index (κ3) is 4.97. The van der Waals surface area contributed by atoms with Gasteiger partial charge in [-0.3, -0.25) is 4.90 Å². The fourth-order valence-corrected chi connectivity index (χ4v) is 2.86. The van der Waals surface area contributed by atoms with Crippen molar-refractivity contribution in [3.63, 3.8) is 0 Å². The number of piperazine rings is 1. The summed E-state index contributed by atoms with van der Waals surface area (Å²) < 4.78 is 6.08. The Hall–Kier alpha value is -1.11. The predicted octanol–water partition coefficient (Wildman–Crippen LogP) is 2.94. The molecule has 0 bridgehead atoms. The van der Waals surface area contributed by atoms with Gasteiger partial charge < -0.3 is 15.0 Å². The molecule has 1 fully saturated rings. The van der Waals surface area contributed by atoms with Crippen LogP contribution in [0.15, 0.2) is 22.7 Å². The molecule has 2 amide bonds. The zero-order chi connectivity index (χ0) is 15.9. The molecule has 22 heavy (non-hydrogen) atoms. The van der Waals surface area contributed by atoms with Crippen LogP contribution in [0.25, 0.3) is 0 Å². The van der Waals surface area contributed by atoms with Crippen molar-refractivity contribution in [1.82, 2.24) is 9.80 Å². The molecular formula is C16H24BrN3O2. The molecule has 1 aromatic rings. The van der Waals surface area contributed by atoms with Crippen molar-refractivity contribution in [3.8, 4) is 0 Å². The quantitative estimate of drug-likeness (QED) is 0.811. The van der Waals surface area contributed by atoms with Crippen molar-refractivity contribution in [2.24, 2.45) is 0 Å². The molecule has 1 aliphatic heterocycles. The summed E-state index contributed by atoms with van der Waals surface area (Å²) in [6.07, 6.45) is 1.04. The highest BCUT2D eigenvalue weighted by atomic mass is 79.9. The van der Waals surface area contributed by atoms with Gasteiger partial charge in [-0.15, -0.1) is 0 Å². The Bertz CT molecular complexity index is 502. The number of amides is 2. The molecule has 1 saturated heterocycles. The first-order valence-electron chi connectivity index (χ1n) is 7.63. The van der Waals surface area contributed by atoms with Crippen molar-refractivity contribution >= 4 is 27.6 Å². The summed E-state index contributed by atoms with van der Waals surface area (Å²) in [5, 5.41) is 2.97. The van der Waals surface area contributed by atoms with Crippen LogP contribution < -0.4 is 5.32 Å². The Morgan fingerprint density at radius 3 is 2.68 bits per heavy atom. The summed E-state index contributed by atoms with van der Waals surface area (Å²) in [6, 6.07) is 5.84. The second kappa shape index (κ2) is 8.50. The van der Waals surface area contributed by atoms with E-state index in [0.717, 1.165) is 61.5 Å². The van der Waals surface area contributed by atoms with Crippen LogP contribution in [0.1, 0.15) is 12.0 Å². The molecule has 0 aromatic heterocycles. The average molecular weight is 370 g/mol. The van der Waals surface area contributed by atoms with E-state index in [2.05, 4.69) is 26.1 Å². The molecule has 1 heterocycles. The van der Waals surface area contributed by atoms with Crippen molar-refractivity contribution in [2.75, 3.05) is 51.8 Å². The molecule has 0 atom stereocenters. The van der Waals surface area contributed by atoms with Gasteiger partial charge in [-0.25, -0.2) is 4.79 Å². The lowest BCUT2D eigenvalue weighted by molar-refractivity contribution is 0.130. The number of aryl methyl sites for hydroxylation is 1. The highest BCUT2D eigenvalue weighted by molar-refractivity contribution is 9.10. The van der Waals surface area contributed by atoms with Gasteiger partial charge in [0.15, 0.2) is 0 Å². The number of nitrogens with zero attached hydrogens (tertiary/aromatic N) is 2. The summed E-state index contributed by atoms with van der Waals surface area (Å²) in [6.45, 7) is 7.25. The topological polar surface area (TPSA) is 44.8 Å². The number of hydrogen-bond donors (Lipinski definition) is 1. The third-order valence-corrected chi connectivity index (χ3v) is 4.76. The fourth-order valence-electron chi connectivity index (χ4n) is 2.48. The Labute approximate surface area is 140 Å². The van der Waals surface area contributed by atoms with Gasteiger partial charge in [0.1, 0.15) is 0 Å². The number of nitrogens with one attached hydrogen (secondary N) is 1. The first kappa shape index (κ1) is 17.2. The van der Waals surface area contributed by atoms with Crippen LogP contribution in [0.2, 0.25) is 0 Å². The van der Waals surface area contributed by atoms with Gasteiger partial charge in [-0.1, -0.05) is 22.0 Å². The van der Waals surface area contributed by atoms with E-state index in [-0.39, 0.29) is 6.03 Å². The minimum absolute atomic E-state index is 0.0210. The molecule has 0 unspecified atom stereocenters. The van der Waals surface area contributed by atoms with Crippen LogP contribution in [0, 0.1) is 6.92 Å². The van der Waals surface area contributed by atoms with E-state index in [4.69, 9.17) is 4.74 Å². The van der Waals surface area contributed by atoms with Crippen molar-refractivity contribution in [1.29, 1.82) is 0 Å². The SMILES string of the molecule is COCCCN1CCN(C(=O)Nc2ccc(C)c(Br)c2)CC1. The van der Waals surface area contributed by atoms with Crippen molar-refractivity contribution < 1.29 is 9.53 Å². The molecule has 0 saturated carbocycles. The number of hydrogen-bond acceptors (Lipinski definition) is 3. The summed E-state index contributed by atoms with van der Waals surface area (Å²) >= 11 is 3.49. The van der Waals surface area contributed by atoms with Gasteiger partial charge in [0.2, 0.25) is 0 Å². The maximum Gasteiger partial charge on any atom is 0.321 e. The van der Waals surface area contributed by atoms with Crippen LogP contribution in [-0.2, 0) is 4.74 Å². The van der Waals surface area contributed by atoms with Gasteiger partial charge in [0, 0.05) is 56.6 Å². The molecule has 5 nitrogen and oxygen atoms in total. The average Bonchev–Trinajstić information content (AvgIpc) is 2.52. The highest BCUT2D eigenvalue weighted by Crippen LogP contribution is 2.21.